The molecule has 104 valence electrons. The van der Waals surface area contributed by atoms with Gasteiger partial charge in [0.1, 0.15) is 6.04 Å². The van der Waals surface area contributed by atoms with Crippen LogP contribution >= 0.6 is 0 Å². The van der Waals surface area contributed by atoms with E-state index in [1.165, 1.54) is 11.6 Å². The Labute approximate surface area is 117 Å². The van der Waals surface area contributed by atoms with Gasteiger partial charge >= 0.3 is 5.82 Å². The van der Waals surface area contributed by atoms with E-state index in [0.29, 0.717) is 6.54 Å². The minimum Gasteiger partial charge on any atom is -0.358 e. The number of nitrogens with one attached hydrogen (secondary N) is 1. The average molecular weight is 271 g/mol. The van der Waals surface area contributed by atoms with Gasteiger partial charge in [0.05, 0.1) is 6.20 Å². The van der Waals surface area contributed by atoms with Gasteiger partial charge in [-0.15, -0.1) is 0 Å². The molecule has 0 fully saturated rings. The number of hydrogen-bond acceptors (Lipinski definition) is 3. The van der Waals surface area contributed by atoms with Crippen LogP contribution in [0, 0.1) is 10.1 Å². The third-order valence-corrected chi connectivity index (χ3v) is 3.10. The highest BCUT2D eigenvalue weighted by Crippen LogP contribution is 2.19. The lowest BCUT2D eigenvalue weighted by atomic mass is 10.2. The SMILES string of the molecule is C=C[C@@H](CNCc1ccccc1)n1cccc1[N+](=O)[O-]. The predicted octanol–water partition coefficient (Wildman–Crippen LogP) is 2.91. The molecule has 0 bridgehead atoms. The van der Waals surface area contributed by atoms with Crippen LogP contribution in [0.3, 0.4) is 0 Å². The van der Waals surface area contributed by atoms with Crippen molar-refractivity contribution < 1.29 is 4.92 Å². The predicted molar refractivity (Wildman–Crippen MR) is 78.5 cm³/mol. The molecule has 5 nitrogen and oxygen atoms in total. The van der Waals surface area contributed by atoms with E-state index < -0.39 is 0 Å². The Balaban J connectivity index is 1.97. The standard InChI is InChI=1S/C15H17N3O2/c1-2-14(17-10-6-9-15(17)18(19)20)12-16-11-13-7-4-3-5-8-13/h2-10,14,16H,1,11-12H2/t14-/m0/s1. The molecule has 1 N–H and O–H groups in total. The first-order valence-corrected chi connectivity index (χ1v) is 6.41. The van der Waals surface area contributed by atoms with E-state index in [9.17, 15) is 10.1 Å². The molecule has 20 heavy (non-hydrogen) atoms. The van der Waals surface area contributed by atoms with Crippen LogP contribution in [-0.2, 0) is 6.54 Å². The first kappa shape index (κ1) is 14.0. The van der Waals surface area contributed by atoms with Gasteiger partial charge in [0.15, 0.2) is 0 Å². The van der Waals surface area contributed by atoms with Crippen molar-refractivity contribution in [2.24, 2.45) is 0 Å². The van der Waals surface area contributed by atoms with Crippen molar-refractivity contribution in [1.29, 1.82) is 0 Å². The third-order valence-electron chi connectivity index (χ3n) is 3.10. The van der Waals surface area contributed by atoms with Gasteiger partial charge < -0.3 is 15.4 Å². The van der Waals surface area contributed by atoms with Gasteiger partial charge in [-0.1, -0.05) is 36.9 Å². The van der Waals surface area contributed by atoms with E-state index in [1.54, 1.807) is 22.9 Å². The Morgan fingerprint density at radius 2 is 2.05 bits per heavy atom. The van der Waals surface area contributed by atoms with Crippen molar-refractivity contribution in [3.05, 3.63) is 77.0 Å². The lowest BCUT2D eigenvalue weighted by Crippen LogP contribution is -2.24. The van der Waals surface area contributed by atoms with Gasteiger partial charge in [-0.25, -0.2) is 4.57 Å². The first-order chi connectivity index (χ1) is 9.72. The maximum absolute atomic E-state index is 10.9. The molecule has 2 rings (SSSR count). The van der Waals surface area contributed by atoms with Gasteiger partial charge in [0, 0.05) is 19.2 Å². The monoisotopic (exact) mass is 271 g/mol. The van der Waals surface area contributed by atoms with Crippen molar-refractivity contribution in [2.75, 3.05) is 6.54 Å². The summed E-state index contributed by atoms with van der Waals surface area (Å²) in [4.78, 5) is 10.5. The van der Waals surface area contributed by atoms with Gasteiger partial charge in [-0.2, -0.15) is 0 Å². The van der Waals surface area contributed by atoms with Crippen molar-refractivity contribution in [2.45, 2.75) is 12.6 Å². The van der Waals surface area contributed by atoms with Gasteiger partial charge in [-0.3, -0.25) is 0 Å². The molecule has 0 radical (unpaired) electrons. The van der Waals surface area contributed by atoms with Gasteiger partial charge in [0.2, 0.25) is 0 Å². The maximum Gasteiger partial charge on any atom is 0.323 e. The zero-order chi connectivity index (χ0) is 14.4. The summed E-state index contributed by atoms with van der Waals surface area (Å²) in [6.07, 6.45) is 3.42. The van der Waals surface area contributed by atoms with Crippen LogP contribution in [0.25, 0.3) is 0 Å². The fourth-order valence-electron chi connectivity index (χ4n) is 2.08. The largest absolute Gasteiger partial charge is 0.358 e. The van der Waals surface area contributed by atoms with E-state index in [0.717, 1.165) is 6.54 Å². The molecule has 0 spiro atoms. The number of rotatable bonds is 7. The van der Waals surface area contributed by atoms with Crippen molar-refractivity contribution in [3.8, 4) is 0 Å². The van der Waals surface area contributed by atoms with E-state index in [2.05, 4.69) is 11.9 Å². The summed E-state index contributed by atoms with van der Waals surface area (Å²) in [5.74, 6) is 0.0800. The van der Waals surface area contributed by atoms with Crippen molar-refractivity contribution >= 4 is 5.82 Å². The Hall–Kier alpha value is -2.40. The minimum atomic E-state index is -0.381. The minimum absolute atomic E-state index is 0.0800. The lowest BCUT2D eigenvalue weighted by Gasteiger charge is -2.13. The Morgan fingerprint density at radius 1 is 1.30 bits per heavy atom. The van der Waals surface area contributed by atoms with Crippen molar-refractivity contribution in [3.63, 3.8) is 0 Å². The number of nitrogens with zero attached hydrogens (tertiary/aromatic N) is 2. The molecule has 1 aromatic heterocycles. The average Bonchev–Trinajstić information content (AvgIpc) is 2.94. The molecule has 0 saturated heterocycles. The zero-order valence-corrected chi connectivity index (χ0v) is 11.1. The lowest BCUT2D eigenvalue weighted by molar-refractivity contribution is -0.392. The van der Waals surface area contributed by atoms with Crippen LogP contribution < -0.4 is 5.32 Å². The third kappa shape index (κ3) is 3.33. The second kappa shape index (κ2) is 6.68. The Kier molecular flexibility index (Phi) is 4.68. The van der Waals surface area contributed by atoms with Crippen LogP contribution in [-0.4, -0.2) is 16.0 Å². The number of benzene rings is 1. The summed E-state index contributed by atoms with van der Waals surface area (Å²) in [5.41, 5.74) is 1.18. The molecule has 1 heterocycles. The van der Waals surface area contributed by atoms with Crippen LogP contribution in [0.1, 0.15) is 11.6 Å². The molecule has 0 amide bonds. The van der Waals surface area contributed by atoms with Gasteiger partial charge in [0.25, 0.3) is 0 Å². The van der Waals surface area contributed by atoms with E-state index in [-0.39, 0.29) is 16.8 Å². The molecule has 1 atom stereocenters. The second-order valence-corrected chi connectivity index (χ2v) is 4.45. The molecule has 0 saturated carbocycles. The number of nitro groups is 1. The fourth-order valence-corrected chi connectivity index (χ4v) is 2.08. The highest BCUT2D eigenvalue weighted by Gasteiger charge is 2.18. The van der Waals surface area contributed by atoms with E-state index in [4.69, 9.17) is 0 Å². The quantitative estimate of drug-likeness (QED) is 0.478. The van der Waals surface area contributed by atoms with E-state index >= 15 is 0 Å². The normalized spacial score (nSPS) is 12.0. The van der Waals surface area contributed by atoms with Gasteiger partial charge in [-0.05, 0) is 22.6 Å². The summed E-state index contributed by atoms with van der Waals surface area (Å²) in [6.45, 7) is 5.07. The Morgan fingerprint density at radius 3 is 2.70 bits per heavy atom. The second-order valence-electron chi connectivity index (χ2n) is 4.45. The van der Waals surface area contributed by atoms with Crippen LogP contribution in [0.5, 0.6) is 0 Å². The molecular weight excluding hydrogens is 254 g/mol. The summed E-state index contributed by atoms with van der Waals surface area (Å²) < 4.78 is 1.62. The molecule has 0 aliphatic carbocycles. The van der Waals surface area contributed by atoms with E-state index in [1.807, 2.05) is 30.3 Å². The molecule has 5 heteroatoms. The van der Waals surface area contributed by atoms with Crippen LogP contribution in [0.4, 0.5) is 5.82 Å². The topological polar surface area (TPSA) is 60.1 Å². The highest BCUT2D eigenvalue weighted by molar-refractivity contribution is 5.23. The molecule has 0 aliphatic heterocycles. The zero-order valence-electron chi connectivity index (χ0n) is 11.1. The number of hydrogen-bond donors (Lipinski definition) is 1. The molecule has 0 aliphatic rings. The Bertz CT molecular complexity index is 578. The van der Waals surface area contributed by atoms with Crippen LogP contribution in [0.2, 0.25) is 0 Å². The fraction of sp³-hybridized carbons (Fsp3) is 0.200. The summed E-state index contributed by atoms with van der Waals surface area (Å²) in [7, 11) is 0. The summed E-state index contributed by atoms with van der Waals surface area (Å²) >= 11 is 0. The smallest absolute Gasteiger partial charge is 0.323 e. The highest BCUT2D eigenvalue weighted by atomic mass is 16.6. The summed E-state index contributed by atoms with van der Waals surface area (Å²) in [6, 6.07) is 13.0. The maximum atomic E-state index is 10.9. The molecule has 1 aromatic carbocycles. The molecule has 2 aromatic rings. The summed E-state index contributed by atoms with van der Waals surface area (Å²) in [5, 5.41) is 14.2. The molecule has 0 unspecified atom stereocenters. The first-order valence-electron chi connectivity index (χ1n) is 6.41. The van der Waals surface area contributed by atoms with Crippen LogP contribution in [0.15, 0.2) is 61.3 Å². The molecular formula is C15H17N3O2. The number of aromatic nitrogens is 1. The van der Waals surface area contributed by atoms with Crippen molar-refractivity contribution in [1.82, 2.24) is 9.88 Å².